The van der Waals surface area contributed by atoms with Crippen molar-refractivity contribution in [3.05, 3.63) is 35.5 Å². The van der Waals surface area contributed by atoms with Crippen molar-refractivity contribution in [2.45, 2.75) is 20.1 Å². The van der Waals surface area contributed by atoms with Gasteiger partial charge in [-0.2, -0.15) is 0 Å². The van der Waals surface area contributed by atoms with Crippen LogP contribution in [0.15, 0.2) is 24.3 Å². The lowest BCUT2D eigenvalue weighted by molar-refractivity contribution is 0.132. The summed E-state index contributed by atoms with van der Waals surface area (Å²) in [5.41, 5.74) is 9.06. The van der Waals surface area contributed by atoms with Gasteiger partial charge in [-0.25, -0.2) is 0 Å². The molecule has 3 nitrogen and oxygen atoms in total. The first-order chi connectivity index (χ1) is 7.35. The monoisotopic (exact) mass is 204 g/mol. The van der Waals surface area contributed by atoms with Crippen molar-refractivity contribution in [3.8, 4) is 0 Å². The molecule has 0 aliphatic heterocycles. The van der Waals surface area contributed by atoms with Crippen LogP contribution in [0.4, 0.5) is 0 Å². The standard InChI is InChI=1S/C12H16N2O/c1-2-15-8-11-6-9-4-3-5-10(7-13)12(9)14-11/h3-6,14H,2,7-8,13H2,1H3. The summed E-state index contributed by atoms with van der Waals surface area (Å²) >= 11 is 0. The minimum absolute atomic E-state index is 0.561. The topological polar surface area (TPSA) is 51.0 Å². The van der Waals surface area contributed by atoms with E-state index in [1.165, 1.54) is 5.39 Å². The van der Waals surface area contributed by atoms with E-state index >= 15 is 0 Å². The van der Waals surface area contributed by atoms with Gasteiger partial charge in [0.1, 0.15) is 0 Å². The summed E-state index contributed by atoms with van der Waals surface area (Å²) < 4.78 is 5.36. The van der Waals surface area contributed by atoms with Crippen LogP contribution in [0.5, 0.6) is 0 Å². The molecule has 0 radical (unpaired) electrons. The first-order valence-corrected chi connectivity index (χ1v) is 5.22. The second kappa shape index (κ2) is 4.47. The molecule has 15 heavy (non-hydrogen) atoms. The van der Waals surface area contributed by atoms with Crippen LogP contribution in [0.2, 0.25) is 0 Å². The molecule has 3 heteroatoms. The molecule has 1 aromatic carbocycles. The van der Waals surface area contributed by atoms with Crippen molar-refractivity contribution in [1.29, 1.82) is 0 Å². The smallest absolute Gasteiger partial charge is 0.0865 e. The summed E-state index contributed by atoms with van der Waals surface area (Å²) in [6, 6.07) is 8.27. The lowest BCUT2D eigenvalue weighted by Crippen LogP contribution is -1.97. The van der Waals surface area contributed by atoms with Crippen LogP contribution in [0.3, 0.4) is 0 Å². The molecule has 1 heterocycles. The lowest BCUT2D eigenvalue weighted by atomic mass is 10.1. The molecule has 2 aromatic rings. The minimum atomic E-state index is 0.561. The van der Waals surface area contributed by atoms with E-state index in [-0.39, 0.29) is 0 Å². The number of para-hydroxylation sites is 1. The predicted molar refractivity (Wildman–Crippen MR) is 61.5 cm³/mol. The third kappa shape index (κ3) is 2.03. The number of hydrogen-bond acceptors (Lipinski definition) is 2. The molecule has 0 spiro atoms. The summed E-state index contributed by atoms with van der Waals surface area (Å²) in [7, 11) is 0. The molecule has 0 fully saturated rings. The summed E-state index contributed by atoms with van der Waals surface area (Å²) in [4.78, 5) is 3.34. The largest absolute Gasteiger partial charge is 0.376 e. The third-order valence-corrected chi connectivity index (χ3v) is 2.48. The van der Waals surface area contributed by atoms with Gasteiger partial charge in [-0.15, -0.1) is 0 Å². The molecule has 0 saturated carbocycles. The molecule has 0 amide bonds. The maximum absolute atomic E-state index is 5.67. The Bertz CT molecular complexity index is 448. The molecule has 0 saturated heterocycles. The first kappa shape index (κ1) is 10.2. The normalized spacial score (nSPS) is 11.1. The van der Waals surface area contributed by atoms with Crippen molar-refractivity contribution in [2.24, 2.45) is 5.73 Å². The zero-order valence-corrected chi connectivity index (χ0v) is 8.92. The van der Waals surface area contributed by atoms with Crippen LogP contribution in [-0.2, 0) is 17.9 Å². The van der Waals surface area contributed by atoms with Crippen LogP contribution in [-0.4, -0.2) is 11.6 Å². The zero-order valence-electron chi connectivity index (χ0n) is 8.92. The van der Waals surface area contributed by atoms with Crippen LogP contribution >= 0.6 is 0 Å². The lowest BCUT2D eigenvalue weighted by Gasteiger charge is -1.98. The number of nitrogens with one attached hydrogen (secondary N) is 1. The first-order valence-electron chi connectivity index (χ1n) is 5.22. The fourth-order valence-electron chi connectivity index (χ4n) is 1.74. The Labute approximate surface area is 89.2 Å². The highest BCUT2D eigenvalue weighted by Gasteiger charge is 2.03. The second-order valence-corrected chi connectivity index (χ2v) is 3.52. The van der Waals surface area contributed by atoms with Gasteiger partial charge in [-0.3, -0.25) is 0 Å². The molecular weight excluding hydrogens is 188 g/mol. The Morgan fingerprint density at radius 2 is 2.27 bits per heavy atom. The van der Waals surface area contributed by atoms with Crippen LogP contribution in [0, 0.1) is 0 Å². The molecule has 2 rings (SSSR count). The number of benzene rings is 1. The Morgan fingerprint density at radius 1 is 1.40 bits per heavy atom. The highest BCUT2D eigenvalue weighted by atomic mass is 16.5. The molecule has 1 aromatic heterocycles. The minimum Gasteiger partial charge on any atom is -0.376 e. The number of rotatable bonds is 4. The number of ether oxygens (including phenoxy) is 1. The Hall–Kier alpha value is -1.32. The average molecular weight is 204 g/mol. The fraction of sp³-hybridized carbons (Fsp3) is 0.333. The van der Waals surface area contributed by atoms with E-state index in [1.54, 1.807) is 0 Å². The van der Waals surface area contributed by atoms with Crippen molar-refractivity contribution in [1.82, 2.24) is 4.98 Å². The summed E-state index contributed by atoms with van der Waals surface area (Å²) in [5, 5.41) is 1.20. The number of aromatic nitrogens is 1. The third-order valence-electron chi connectivity index (χ3n) is 2.48. The average Bonchev–Trinajstić information content (AvgIpc) is 2.68. The fourth-order valence-corrected chi connectivity index (χ4v) is 1.74. The van der Waals surface area contributed by atoms with Crippen molar-refractivity contribution >= 4 is 10.9 Å². The number of fused-ring (bicyclic) bond motifs is 1. The Balaban J connectivity index is 2.37. The van der Waals surface area contributed by atoms with E-state index in [2.05, 4.69) is 17.1 Å². The van der Waals surface area contributed by atoms with Gasteiger partial charge in [0.2, 0.25) is 0 Å². The van der Waals surface area contributed by atoms with E-state index in [1.807, 2.05) is 19.1 Å². The highest BCUT2D eigenvalue weighted by molar-refractivity contribution is 5.83. The molecule has 0 aliphatic rings. The summed E-state index contributed by atoms with van der Waals surface area (Å²) in [5.74, 6) is 0. The van der Waals surface area contributed by atoms with Crippen LogP contribution < -0.4 is 5.73 Å². The predicted octanol–water partition coefficient (Wildman–Crippen LogP) is 2.16. The van der Waals surface area contributed by atoms with Gasteiger partial charge in [-0.1, -0.05) is 18.2 Å². The molecule has 80 valence electrons. The maximum atomic E-state index is 5.67. The van der Waals surface area contributed by atoms with Gasteiger partial charge in [0, 0.05) is 24.2 Å². The van der Waals surface area contributed by atoms with Gasteiger partial charge in [0.05, 0.1) is 12.1 Å². The molecule has 0 unspecified atom stereocenters. The van der Waals surface area contributed by atoms with Gasteiger partial charge >= 0.3 is 0 Å². The Kier molecular flexibility index (Phi) is 3.04. The van der Waals surface area contributed by atoms with E-state index in [9.17, 15) is 0 Å². The zero-order chi connectivity index (χ0) is 10.7. The number of aromatic amines is 1. The van der Waals surface area contributed by atoms with Gasteiger partial charge in [0.25, 0.3) is 0 Å². The van der Waals surface area contributed by atoms with E-state index in [4.69, 9.17) is 10.5 Å². The molecule has 0 atom stereocenters. The molecule has 0 aliphatic carbocycles. The van der Waals surface area contributed by atoms with E-state index < -0.39 is 0 Å². The van der Waals surface area contributed by atoms with Crippen LogP contribution in [0.1, 0.15) is 18.2 Å². The van der Waals surface area contributed by atoms with Crippen molar-refractivity contribution in [2.75, 3.05) is 6.61 Å². The van der Waals surface area contributed by atoms with Gasteiger partial charge in [0.15, 0.2) is 0 Å². The number of hydrogen-bond donors (Lipinski definition) is 2. The van der Waals surface area contributed by atoms with Gasteiger partial charge in [-0.05, 0) is 18.6 Å². The van der Waals surface area contributed by atoms with E-state index in [0.717, 1.165) is 23.4 Å². The quantitative estimate of drug-likeness (QED) is 0.801. The molecule has 0 bridgehead atoms. The summed E-state index contributed by atoms with van der Waals surface area (Å²) in [6.45, 7) is 3.92. The van der Waals surface area contributed by atoms with E-state index in [0.29, 0.717) is 13.2 Å². The molecule has 3 N–H and O–H groups in total. The highest BCUT2D eigenvalue weighted by Crippen LogP contribution is 2.19. The van der Waals surface area contributed by atoms with Gasteiger partial charge < -0.3 is 15.5 Å². The second-order valence-electron chi connectivity index (χ2n) is 3.52. The Morgan fingerprint density at radius 3 is 3.00 bits per heavy atom. The summed E-state index contributed by atoms with van der Waals surface area (Å²) in [6.07, 6.45) is 0. The van der Waals surface area contributed by atoms with Crippen molar-refractivity contribution in [3.63, 3.8) is 0 Å². The number of nitrogens with two attached hydrogens (primary N) is 1. The number of H-pyrrole nitrogens is 1. The molecular formula is C12H16N2O. The van der Waals surface area contributed by atoms with Crippen LogP contribution in [0.25, 0.3) is 10.9 Å². The van der Waals surface area contributed by atoms with Crippen molar-refractivity contribution < 1.29 is 4.74 Å². The SMILES string of the molecule is CCOCc1cc2cccc(CN)c2[nH]1. The maximum Gasteiger partial charge on any atom is 0.0865 e.